The first-order valence-electron chi connectivity index (χ1n) is 7.23. The van der Waals surface area contributed by atoms with Crippen LogP contribution in [-0.4, -0.2) is 36.1 Å². The topological polar surface area (TPSA) is 44.8 Å². The number of hydrogen-bond acceptors (Lipinski definition) is 4. The van der Waals surface area contributed by atoms with Crippen molar-refractivity contribution in [3.63, 3.8) is 0 Å². The highest BCUT2D eigenvalue weighted by molar-refractivity contribution is 6.53. The Labute approximate surface area is 119 Å². The quantitative estimate of drug-likeness (QED) is 0.333. The van der Waals surface area contributed by atoms with Gasteiger partial charge in [0.05, 0.1) is 6.61 Å². The molecule has 0 N–H and O–H groups in total. The number of ether oxygens (including phenoxy) is 1. The molecule has 0 aromatic heterocycles. The Balaban J connectivity index is 3.84. The lowest BCUT2D eigenvalue weighted by Crippen LogP contribution is -2.39. The monoisotopic (exact) mass is 290 g/mol. The van der Waals surface area contributed by atoms with E-state index in [-0.39, 0.29) is 5.97 Å². The van der Waals surface area contributed by atoms with Gasteiger partial charge >= 0.3 is 15.3 Å². The molecule has 0 atom stereocenters. The van der Waals surface area contributed by atoms with E-state index in [4.69, 9.17) is 13.6 Å². The van der Waals surface area contributed by atoms with E-state index in [1.807, 2.05) is 13.8 Å². The minimum atomic E-state index is -2.01. The van der Waals surface area contributed by atoms with Crippen LogP contribution in [0, 0.1) is 0 Å². The SMILES string of the molecule is CCCCCCCCOC(=O)C(C)(C)[SiH](OC)OC. The van der Waals surface area contributed by atoms with Gasteiger partial charge in [0.25, 0.3) is 0 Å². The van der Waals surface area contributed by atoms with Gasteiger partial charge in [0.15, 0.2) is 0 Å². The Morgan fingerprint density at radius 3 is 2.05 bits per heavy atom. The fourth-order valence-corrected chi connectivity index (χ4v) is 3.66. The average molecular weight is 290 g/mol. The third-order valence-corrected chi connectivity index (χ3v) is 5.55. The first kappa shape index (κ1) is 18.6. The van der Waals surface area contributed by atoms with Crippen LogP contribution in [0.4, 0.5) is 0 Å². The summed E-state index contributed by atoms with van der Waals surface area (Å²) in [6.07, 6.45) is 7.12. The molecule has 0 fully saturated rings. The first-order valence-corrected chi connectivity index (χ1v) is 8.75. The molecule has 0 aliphatic carbocycles. The second-order valence-corrected chi connectivity index (χ2v) is 8.48. The molecule has 0 spiro atoms. The van der Waals surface area contributed by atoms with E-state index in [0.717, 1.165) is 12.8 Å². The highest BCUT2D eigenvalue weighted by Gasteiger charge is 2.41. The summed E-state index contributed by atoms with van der Waals surface area (Å²) in [5.74, 6) is -0.207. The van der Waals surface area contributed by atoms with Crippen LogP contribution in [-0.2, 0) is 18.4 Å². The van der Waals surface area contributed by atoms with Crippen molar-refractivity contribution in [2.45, 2.75) is 64.3 Å². The second-order valence-electron chi connectivity index (χ2n) is 5.43. The first-order chi connectivity index (χ1) is 9.00. The molecule has 0 radical (unpaired) electrons. The van der Waals surface area contributed by atoms with Gasteiger partial charge in [-0.3, -0.25) is 4.79 Å². The third-order valence-electron chi connectivity index (χ3n) is 3.27. The van der Waals surface area contributed by atoms with Crippen LogP contribution in [0.1, 0.15) is 59.3 Å². The maximum Gasteiger partial charge on any atom is 0.338 e. The van der Waals surface area contributed by atoms with Crippen LogP contribution >= 0.6 is 0 Å². The lowest BCUT2D eigenvalue weighted by atomic mass is 10.1. The Bertz CT molecular complexity index is 240. The minimum Gasteiger partial charge on any atom is -0.465 e. The molecule has 0 rings (SSSR count). The molecule has 0 unspecified atom stereocenters. The normalized spacial score (nSPS) is 11.9. The zero-order valence-corrected chi connectivity index (χ0v) is 14.3. The summed E-state index contributed by atoms with van der Waals surface area (Å²) in [4.78, 5) is 12.0. The van der Waals surface area contributed by atoms with Crippen molar-refractivity contribution in [2.75, 3.05) is 20.8 Å². The second kappa shape index (κ2) is 10.4. The molecule has 0 saturated heterocycles. The predicted molar refractivity (Wildman–Crippen MR) is 79.5 cm³/mol. The van der Waals surface area contributed by atoms with Crippen LogP contribution in [0.15, 0.2) is 0 Å². The molecule has 0 amide bonds. The molecule has 0 aromatic rings. The summed E-state index contributed by atoms with van der Waals surface area (Å²) >= 11 is 0. The molecule has 5 heteroatoms. The van der Waals surface area contributed by atoms with E-state index in [9.17, 15) is 4.79 Å². The molecule has 19 heavy (non-hydrogen) atoms. The summed E-state index contributed by atoms with van der Waals surface area (Å²) in [7, 11) is 1.16. The van der Waals surface area contributed by atoms with Gasteiger partial charge in [0.2, 0.25) is 0 Å². The highest BCUT2D eigenvalue weighted by Crippen LogP contribution is 2.30. The fourth-order valence-electron chi connectivity index (χ4n) is 2.01. The molecule has 0 aliphatic heterocycles. The molecular weight excluding hydrogens is 260 g/mol. The summed E-state index contributed by atoms with van der Waals surface area (Å²) in [5.41, 5.74) is 0. The zero-order valence-electron chi connectivity index (χ0n) is 13.2. The summed E-state index contributed by atoms with van der Waals surface area (Å²) in [6.45, 7) is 6.37. The molecule has 0 aliphatic rings. The van der Waals surface area contributed by atoms with E-state index >= 15 is 0 Å². The van der Waals surface area contributed by atoms with Crippen LogP contribution in [0.2, 0.25) is 5.04 Å². The van der Waals surface area contributed by atoms with Crippen molar-refractivity contribution in [1.29, 1.82) is 0 Å². The molecular formula is C14H30O4Si. The standard InChI is InChI=1S/C14H30O4Si/c1-6-7-8-9-10-11-12-18-13(15)14(2,3)19(16-4)17-5/h19H,6-12H2,1-5H3. The van der Waals surface area contributed by atoms with Gasteiger partial charge in [0.1, 0.15) is 5.04 Å². The van der Waals surface area contributed by atoms with Crippen LogP contribution in [0.3, 0.4) is 0 Å². The predicted octanol–water partition coefficient (Wildman–Crippen LogP) is 3.18. The van der Waals surface area contributed by atoms with E-state index in [0.29, 0.717) is 6.61 Å². The number of esters is 1. The Morgan fingerprint density at radius 2 is 1.53 bits per heavy atom. The fraction of sp³-hybridized carbons (Fsp3) is 0.929. The van der Waals surface area contributed by atoms with E-state index in [2.05, 4.69) is 6.92 Å². The van der Waals surface area contributed by atoms with Gasteiger partial charge in [-0.1, -0.05) is 39.0 Å². The number of rotatable bonds is 11. The van der Waals surface area contributed by atoms with Crippen molar-refractivity contribution in [3.05, 3.63) is 0 Å². The number of hydrogen-bond donors (Lipinski definition) is 0. The van der Waals surface area contributed by atoms with Gasteiger partial charge in [-0.25, -0.2) is 0 Å². The van der Waals surface area contributed by atoms with Crippen molar-refractivity contribution >= 4 is 15.3 Å². The molecule has 0 saturated carbocycles. The summed E-state index contributed by atoms with van der Waals surface area (Å²) in [5, 5.41) is -0.647. The van der Waals surface area contributed by atoms with Crippen LogP contribution in [0.25, 0.3) is 0 Å². The third kappa shape index (κ3) is 7.08. The number of carbonyl (C=O) groups excluding carboxylic acids is 1. The molecule has 114 valence electrons. The van der Waals surface area contributed by atoms with Gasteiger partial charge < -0.3 is 13.6 Å². The Hall–Kier alpha value is -0.393. The van der Waals surface area contributed by atoms with Crippen LogP contribution < -0.4 is 0 Å². The van der Waals surface area contributed by atoms with E-state index in [1.54, 1.807) is 14.2 Å². The zero-order chi connectivity index (χ0) is 14.7. The molecule has 0 bridgehead atoms. The highest BCUT2D eigenvalue weighted by atomic mass is 28.3. The number of unbranched alkanes of at least 4 members (excludes halogenated alkanes) is 5. The lowest BCUT2D eigenvalue weighted by Gasteiger charge is -2.27. The van der Waals surface area contributed by atoms with Crippen molar-refractivity contribution in [3.8, 4) is 0 Å². The summed E-state index contributed by atoms with van der Waals surface area (Å²) < 4.78 is 15.9. The summed E-state index contributed by atoms with van der Waals surface area (Å²) in [6, 6.07) is 0. The van der Waals surface area contributed by atoms with Crippen molar-refractivity contribution in [2.24, 2.45) is 0 Å². The van der Waals surface area contributed by atoms with Gasteiger partial charge in [-0.05, 0) is 20.3 Å². The van der Waals surface area contributed by atoms with Gasteiger partial charge in [-0.2, -0.15) is 0 Å². The van der Waals surface area contributed by atoms with E-state index in [1.165, 1.54) is 25.7 Å². The molecule has 0 heterocycles. The molecule has 0 aromatic carbocycles. The Kier molecular flexibility index (Phi) is 10.2. The number of carbonyl (C=O) groups is 1. The maximum atomic E-state index is 12.0. The van der Waals surface area contributed by atoms with Gasteiger partial charge in [-0.15, -0.1) is 0 Å². The Morgan fingerprint density at radius 1 is 1.00 bits per heavy atom. The van der Waals surface area contributed by atoms with Crippen LogP contribution in [0.5, 0.6) is 0 Å². The largest absolute Gasteiger partial charge is 0.465 e. The van der Waals surface area contributed by atoms with Crippen molar-refractivity contribution in [1.82, 2.24) is 0 Å². The lowest BCUT2D eigenvalue weighted by molar-refractivity contribution is -0.147. The maximum absolute atomic E-state index is 12.0. The van der Waals surface area contributed by atoms with E-state index < -0.39 is 14.3 Å². The van der Waals surface area contributed by atoms with Gasteiger partial charge in [0, 0.05) is 14.2 Å². The minimum absolute atomic E-state index is 0.207. The van der Waals surface area contributed by atoms with Crippen molar-refractivity contribution < 1.29 is 18.4 Å². The molecule has 4 nitrogen and oxygen atoms in total. The smallest absolute Gasteiger partial charge is 0.338 e. The average Bonchev–Trinajstić information content (AvgIpc) is 2.38.